The molecule has 0 saturated heterocycles. The number of rotatable bonds is 7. The third-order valence-electron chi connectivity index (χ3n) is 6.05. The van der Waals surface area contributed by atoms with Crippen LogP contribution < -0.4 is 5.32 Å². The summed E-state index contributed by atoms with van der Waals surface area (Å²) in [6, 6.07) is 0.587. The van der Waals surface area contributed by atoms with Crippen molar-refractivity contribution < 1.29 is 4.79 Å². The largest absolute Gasteiger partial charge is 0.349 e. The van der Waals surface area contributed by atoms with Crippen molar-refractivity contribution in [3.63, 3.8) is 0 Å². The molecule has 5 heteroatoms. The van der Waals surface area contributed by atoms with E-state index >= 15 is 0 Å². The number of hydrogen-bond acceptors (Lipinski definition) is 3. The molecule has 3 aliphatic carbocycles. The molecule has 0 aliphatic heterocycles. The summed E-state index contributed by atoms with van der Waals surface area (Å²) in [6.07, 6.45) is 12.3. The fraction of sp³-hybridized carbons (Fsp3) is 0.842. The zero-order valence-electron chi connectivity index (χ0n) is 14.8. The molecule has 24 heavy (non-hydrogen) atoms. The van der Waals surface area contributed by atoms with Gasteiger partial charge >= 0.3 is 0 Å². The predicted octanol–water partition coefficient (Wildman–Crippen LogP) is 3.71. The first-order valence-electron chi connectivity index (χ1n) is 9.92. The molecule has 0 bridgehead atoms. The fourth-order valence-corrected chi connectivity index (χ4v) is 4.22. The van der Waals surface area contributed by atoms with Gasteiger partial charge in [-0.2, -0.15) is 0 Å². The monoisotopic (exact) mass is 330 g/mol. The molecule has 1 aromatic rings. The maximum atomic E-state index is 12.4. The number of nitrogens with zero attached hydrogens (tertiary/aromatic N) is 3. The third kappa shape index (κ3) is 3.65. The maximum absolute atomic E-state index is 12.4. The number of carbonyl (C=O) groups excluding carboxylic acids is 1. The van der Waals surface area contributed by atoms with Crippen molar-refractivity contribution in [2.75, 3.05) is 0 Å². The van der Waals surface area contributed by atoms with Gasteiger partial charge in [-0.05, 0) is 37.5 Å². The van der Waals surface area contributed by atoms with E-state index in [1.807, 2.05) is 0 Å². The Morgan fingerprint density at radius 1 is 1.12 bits per heavy atom. The lowest BCUT2D eigenvalue weighted by atomic mass is 9.79. The van der Waals surface area contributed by atoms with Gasteiger partial charge in [-0.15, -0.1) is 10.2 Å². The Labute approximate surface area is 144 Å². The van der Waals surface area contributed by atoms with Crippen molar-refractivity contribution in [3.8, 4) is 0 Å². The molecule has 1 atom stereocenters. The Morgan fingerprint density at radius 3 is 2.54 bits per heavy atom. The smallest absolute Gasteiger partial charge is 0.220 e. The van der Waals surface area contributed by atoms with Gasteiger partial charge in [0.05, 0.1) is 6.54 Å². The first kappa shape index (κ1) is 16.1. The molecule has 0 spiro atoms. The molecule has 3 saturated carbocycles. The average molecular weight is 330 g/mol. The molecule has 1 unspecified atom stereocenters. The second-order valence-corrected chi connectivity index (χ2v) is 8.21. The van der Waals surface area contributed by atoms with Crippen LogP contribution >= 0.6 is 0 Å². The second-order valence-electron chi connectivity index (χ2n) is 8.21. The fourth-order valence-electron chi connectivity index (χ4n) is 4.22. The summed E-state index contributed by atoms with van der Waals surface area (Å²) < 4.78 is 2.32. The highest BCUT2D eigenvalue weighted by atomic mass is 16.1. The van der Waals surface area contributed by atoms with Crippen LogP contribution in [0.3, 0.4) is 0 Å². The van der Waals surface area contributed by atoms with E-state index in [0.717, 1.165) is 17.6 Å². The van der Waals surface area contributed by atoms with Crippen LogP contribution in [0.1, 0.15) is 94.7 Å². The van der Waals surface area contributed by atoms with E-state index in [2.05, 4.69) is 27.0 Å². The number of hydrogen-bond donors (Lipinski definition) is 1. The number of nitrogens with one attached hydrogen (secondary N) is 1. The maximum Gasteiger partial charge on any atom is 0.220 e. The van der Waals surface area contributed by atoms with E-state index in [-0.39, 0.29) is 5.91 Å². The lowest BCUT2D eigenvalue weighted by Crippen LogP contribution is -2.28. The Balaban J connectivity index is 1.31. The zero-order valence-corrected chi connectivity index (χ0v) is 14.8. The first-order chi connectivity index (χ1) is 11.7. The minimum Gasteiger partial charge on any atom is -0.349 e. The zero-order chi connectivity index (χ0) is 16.5. The van der Waals surface area contributed by atoms with Crippen molar-refractivity contribution in [2.45, 2.75) is 89.6 Å². The molecular weight excluding hydrogens is 300 g/mol. The minimum absolute atomic E-state index is 0.173. The van der Waals surface area contributed by atoms with E-state index in [1.165, 1.54) is 57.8 Å². The quantitative estimate of drug-likeness (QED) is 0.829. The van der Waals surface area contributed by atoms with Crippen LogP contribution in [0, 0.1) is 11.8 Å². The molecule has 1 N–H and O–H groups in total. The summed E-state index contributed by atoms with van der Waals surface area (Å²) in [7, 11) is 0. The molecule has 132 valence electrons. The van der Waals surface area contributed by atoms with Crippen molar-refractivity contribution in [2.24, 2.45) is 11.8 Å². The number of carbonyl (C=O) groups is 1. The summed E-state index contributed by atoms with van der Waals surface area (Å²) in [5.74, 6) is 4.14. The summed E-state index contributed by atoms with van der Waals surface area (Å²) in [5.41, 5.74) is 0. The second kappa shape index (κ2) is 6.85. The van der Waals surface area contributed by atoms with E-state index in [9.17, 15) is 4.79 Å². The molecule has 0 radical (unpaired) electrons. The average Bonchev–Trinajstić information content (AvgIpc) is 3.52. The summed E-state index contributed by atoms with van der Waals surface area (Å²) >= 11 is 0. The number of amides is 1. The van der Waals surface area contributed by atoms with Crippen molar-refractivity contribution >= 4 is 5.91 Å². The van der Waals surface area contributed by atoms with E-state index in [1.54, 1.807) is 0 Å². The normalized spacial score (nSPS) is 23.2. The molecule has 0 aromatic carbocycles. The molecule has 5 nitrogen and oxygen atoms in total. The third-order valence-corrected chi connectivity index (χ3v) is 6.05. The van der Waals surface area contributed by atoms with Gasteiger partial charge < -0.3 is 9.88 Å². The molecule has 3 fully saturated rings. The van der Waals surface area contributed by atoms with Gasteiger partial charge in [-0.1, -0.05) is 39.0 Å². The summed E-state index contributed by atoms with van der Waals surface area (Å²) in [6.45, 7) is 2.78. The number of aromatic nitrogens is 3. The highest BCUT2D eigenvalue weighted by Crippen LogP contribution is 2.44. The van der Waals surface area contributed by atoms with Crippen molar-refractivity contribution in [1.29, 1.82) is 0 Å². The Bertz CT molecular complexity index is 582. The SMILES string of the molecule is CC(CC(=O)NCc1nnc(C2CC2)n1C1CC1)C1CCCCC1. The lowest BCUT2D eigenvalue weighted by molar-refractivity contribution is -0.122. The summed E-state index contributed by atoms with van der Waals surface area (Å²) in [4.78, 5) is 12.4. The van der Waals surface area contributed by atoms with Gasteiger partial charge in [0.15, 0.2) is 5.82 Å². The topological polar surface area (TPSA) is 59.8 Å². The molecule has 4 rings (SSSR count). The van der Waals surface area contributed by atoms with Gasteiger partial charge in [-0.3, -0.25) is 4.79 Å². The first-order valence-corrected chi connectivity index (χ1v) is 9.92. The molecule has 1 amide bonds. The van der Waals surface area contributed by atoms with Crippen molar-refractivity contribution in [1.82, 2.24) is 20.1 Å². The minimum atomic E-state index is 0.173. The molecule has 3 aliphatic rings. The Morgan fingerprint density at radius 2 is 1.88 bits per heavy atom. The van der Waals surface area contributed by atoms with Crippen molar-refractivity contribution in [3.05, 3.63) is 11.6 Å². The molecular formula is C19H30N4O. The van der Waals surface area contributed by atoms with Crippen LogP contribution in [-0.2, 0) is 11.3 Å². The van der Waals surface area contributed by atoms with Crippen LogP contribution in [0.15, 0.2) is 0 Å². The van der Waals surface area contributed by atoms with Gasteiger partial charge in [0.2, 0.25) is 5.91 Å². The van der Waals surface area contributed by atoms with Gasteiger partial charge in [-0.25, -0.2) is 0 Å². The van der Waals surface area contributed by atoms with Crippen LogP contribution in [-0.4, -0.2) is 20.7 Å². The standard InChI is InChI=1S/C19H30N4O/c1-13(14-5-3-2-4-6-14)11-18(24)20-12-17-21-22-19(15-7-8-15)23(17)16-9-10-16/h13-16H,2-12H2,1H3,(H,20,24). The van der Waals surface area contributed by atoms with Crippen LogP contribution in [0.4, 0.5) is 0 Å². The molecule has 1 heterocycles. The van der Waals surface area contributed by atoms with Crippen LogP contribution in [0.2, 0.25) is 0 Å². The highest BCUT2D eigenvalue weighted by molar-refractivity contribution is 5.76. The van der Waals surface area contributed by atoms with E-state index in [0.29, 0.717) is 30.8 Å². The Kier molecular flexibility index (Phi) is 4.59. The van der Waals surface area contributed by atoms with Gasteiger partial charge in [0.1, 0.15) is 5.82 Å². The van der Waals surface area contributed by atoms with Crippen LogP contribution in [0.25, 0.3) is 0 Å². The Hall–Kier alpha value is -1.39. The molecule has 1 aromatic heterocycles. The van der Waals surface area contributed by atoms with Gasteiger partial charge in [0.25, 0.3) is 0 Å². The van der Waals surface area contributed by atoms with Crippen LogP contribution in [0.5, 0.6) is 0 Å². The van der Waals surface area contributed by atoms with E-state index < -0.39 is 0 Å². The lowest BCUT2D eigenvalue weighted by Gasteiger charge is -2.27. The van der Waals surface area contributed by atoms with Gasteiger partial charge in [0, 0.05) is 18.4 Å². The summed E-state index contributed by atoms with van der Waals surface area (Å²) in [5, 5.41) is 11.9. The predicted molar refractivity (Wildman–Crippen MR) is 92.5 cm³/mol. The highest BCUT2D eigenvalue weighted by Gasteiger charge is 2.36. The van der Waals surface area contributed by atoms with E-state index in [4.69, 9.17) is 0 Å².